The molecule has 31 heavy (non-hydrogen) atoms. The van der Waals surface area contributed by atoms with E-state index >= 15 is 0 Å². The van der Waals surface area contributed by atoms with E-state index in [1.807, 2.05) is 25.1 Å². The van der Waals surface area contributed by atoms with Gasteiger partial charge in [0, 0.05) is 39.0 Å². The van der Waals surface area contributed by atoms with Gasteiger partial charge in [0.05, 0.1) is 6.04 Å². The first-order valence-electron chi connectivity index (χ1n) is 11.1. The zero-order valence-electron chi connectivity index (χ0n) is 18.4. The lowest BCUT2D eigenvalue weighted by atomic mass is 10.1. The number of carbonyl (C=O) groups excluding carboxylic acids is 1. The minimum atomic E-state index is -0.159. The van der Waals surface area contributed by atoms with Gasteiger partial charge in [-0.1, -0.05) is 60.2 Å². The van der Waals surface area contributed by atoms with Gasteiger partial charge >= 0.3 is 0 Å². The lowest BCUT2D eigenvalue weighted by molar-refractivity contribution is -0.121. The van der Waals surface area contributed by atoms with E-state index in [2.05, 4.69) is 68.3 Å². The molecule has 1 aromatic heterocycles. The molecule has 2 heterocycles. The molecule has 6 nitrogen and oxygen atoms in total. The summed E-state index contributed by atoms with van der Waals surface area (Å²) < 4.78 is 2.19. The maximum atomic E-state index is 12.5. The summed E-state index contributed by atoms with van der Waals surface area (Å²) in [6.45, 7) is 7.82. The third-order valence-corrected chi connectivity index (χ3v) is 5.88. The van der Waals surface area contributed by atoms with Gasteiger partial charge in [-0.15, -0.1) is 10.2 Å². The van der Waals surface area contributed by atoms with Crippen LogP contribution in [0, 0.1) is 6.92 Å². The molecule has 3 aromatic rings. The smallest absolute Gasteiger partial charge is 0.220 e. The molecule has 0 aliphatic carbocycles. The van der Waals surface area contributed by atoms with Crippen molar-refractivity contribution in [3.8, 4) is 0 Å². The van der Waals surface area contributed by atoms with E-state index in [4.69, 9.17) is 0 Å². The summed E-state index contributed by atoms with van der Waals surface area (Å²) in [5.41, 5.74) is 3.82. The Kier molecular flexibility index (Phi) is 6.77. The quantitative estimate of drug-likeness (QED) is 0.640. The molecule has 1 atom stereocenters. The topological polar surface area (TPSA) is 63.1 Å². The molecule has 1 N–H and O–H groups in total. The molecular weight excluding hydrogens is 386 g/mol. The van der Waals surface area contributed by atoms with Crippen molar-refractivity contribution < 1.29 is 4.79 Å². The molecule has 1 aliphatic heterocycles. The molecule has 0 radical (unpaired) electrons. The van der Waals surface area contributed by atoms with Gasteiger partial charge in [0.25, 0.3) is 0 Å². The summed E-state index contributed by atoms with van der Waals surface area (Å²) in [7, 11) is 0. The van der Waals surface area contributed by atoms with Gasteiger partial charge in [0.15, 0.2) is 5.82 Å². The summed E-state index contributed by atoms with van der Waals surface area (Å²) in [4.78, 5) is 14.9. The average molecular weight is 418 g/mol. The fraction of sp³-hybridized carbons (Fsp3) is 0.400. The van der Waals surface area contributed by atoms with Crippen molar-refractivity contribution in [2.24, 2.45) is 0 Å². The number of carbonyl (C=O) groups is 1. The van der Waals surface area contributed by atoms with E-state index in [9.17, 15) is 4.79 Å². The summed E-state index contributed by atoms with van der Waals surface area (Å²) in [6, 6.07) is 18.6. The van der Waals surface area contributed by atoms with E-state index in [1.165, 1.54) is 16.7 Å². The summed E-state index contributed by atoms with van der Waals surface area (Å²) in [5, 5.41) is 11.9. The van der Waals surface area contributed by atoms with Crippen LogP contribution in [0.5, 0.6) is 0 Å². The maximum absolute atomic E-state index is 12.5. The highest BCUT2D eigenvalue weighted by molar-refractivity contribution is 5.76. The second kappa shape index (κ2) is 9.88. The Balaban J connectivity index is 1.33. The first-order valence-corrected chi connectivity index (χ1v) is 11.1. The summed E-state index contributed by atoms with van der Waals surface area (Å²) in [5.74, 6) is 1.90. The number of fused-ring (bicyclic) bond motifs is 1. The molecular formula is C25H31N5O. The number of aromatic nitrogens is 3. The molecule has 4 rings (SSSR count). The minimum Gasteiger partial charge on any atom is -0.346 e. The Morgan fingerprint density at radius 2 is 1.84 bits per heavy atom. The van der Waals surface area contributed by atoms with Crippen molar-refractivity contribution in [2.75, 3.05) is 13.1 Å². The zero-order chi connectivity index (χ0) is 21.6. The molecule has 1 amide bonds. The predicted octanol–water partition coefficient (Wildman–Crippen LogP) is 3.45. The highest BCUT2D eigenvalue weighted by atomic mass is 16.1. The van der Waals surface area contributed by atoms with Crippen LogP contribution in [0.15, 0.2) is 54.6 Å². The standard InChI is InChI=1S/C25H31N5O/c1-19-7-6-10-22(17-19)18-29-14-13-23-27-28-25(30(23)16-15-29)20(2)26-24(31)12-11-21-8-4-3-5-9-21/h3-10,17,20H,11-16,18H2,1-2H3,(H,26,31). The van der Waals surface area contributed by atoms with Gasteiger partial charge in [-0.25, -0.2) is 0 Å². The number of nitrogens with zero attached hydrogens (tertiary/aromatic N) is 4. The number of rotatable bonds is 7. The Hall–Kier alpha value is -2.99. The van der Waals surface area contributed by atoms with Crippen molar-refractivity contribution in [1.82, 2.24) is 25.0 Å². The van der Waals surface area contributed by atoms with Crippen LogP contribution in [0.2, 0.25) is 0 Å². The van der Waals surface area contributed by atoms with Crippen molar-refractivity contribution >= 4 is 5.91 Å². The SMILES string of the molecule is Cc1cccc(CN2CCc3nnc(C(C)NC(=O)CCc4ccccc4)n3CC2)c1. The van der Waals surface area contributed by atoms with Crippen LogP contribution in [-0.2, 0) is 30.7 Å². The number of hydrogen-bond acceptors (Lipinski definition) is 4. The Morgan fingerprint density at radius 3 is 2.65 bits per heavy atom. The second-order valence-corrected chi connectivity index (χ2v) is 8.42. The Morgan fingerprint density at radius 1 is 1.03 bits per heavy atom. The first kappa shape index (κ1) is 21.2. The van der Waals surface area contributed by atoms with E-state index in [0.717, 1.165) is 50.7 Å². The van der Waals surface area contributed by atoms with Crippen LogP contribution in [0.3, 0.4) is 0 Å². The normalized spacial score (nSPS) is 15.2. The van der Waals surface area contributed by atoms with Crippen molar-refractivity contribution in [2.45, 2.75) is 52.2 Å². The molecule has 0 fully saturated rings. The molecule has 2 aromatic carbocycles. The maximum Gasteiger partial charge on any atom is 0.220 e. The van der Waals surface area contributed by atoms with Crippen LogP contribution in [0.1, 0.15) is 47.7 Å². The molecule has 1 unspecified atom stereocenters. The number of nitrogens with one attached hydrogen (secondary N) is 1. The fourth-order valence-electron chi connectivity index (χ4n) is 4.22. The number of amides is 1. The van der Waals surface area contributed by atoms with E-state index in [-0.39, 0.29) is 11.9 Å². The second-order valence-electron chi connectivity index (χ2n) is 8.42. The van der Waals surface area contributed by atoms with Crippen LogP contribution in [-0.4, -0.2) is 38.7 Å². The van der Waals surface area contributed by atoms with Crippen molar-refractivity contribution in [1.29, 1.82) is 0 Å². The van der Waals surface area contributed by atoms with Gasteiger partial charge < -0.3 is 9.88 Å². The molecule has 162 valence electrons. The minimum absolute atomic E-state index is 0.0448. The van der Waals surface area contributed by atoms with Gasteiger partial charge in [0.1, 0.15) is 5.82 Å². The van der Waals surface area contributed by atoms with E-state index in [1.54, 1.807) is 0 Å². The van der Waals surface area contributed by atoms with Crippen LogP contribution >= 0.6 is 0 Å². The molecule has 0 spiro atoms. The highest BCUT2D eigenvalue weighted by Crippen LogP contribution is 2.17. The van der Waals surface area contributed by atoms with E-state index < -0.39 is 0 Å². The third kappa shape index (κ3) is 5.58. The monoisotopic (exact) mass is 417 g/mol. The van der Waals surface area contributed by atoms with Crippen molar-refractivity contribution in [3.63, 3.8) is 0 Å². The number of aryl methyl sites for hydroxylation is 2. The largest absolute Gasteiger partial charge is 0.346 e. The molecule has 0 saturated heterocycles. The molecule has 0 bridgehead atoms. The van der Waals surface area contributed by atoms with Gasteiger partial charge in [-0.05, 0) is 31.4 Å². The summed E-state index contributed by atoms with van der Waals surface area (Å²) in [6.07, 6.45) is 2.08. The number of benzene rings is 2. The predicted molar refractivity (Wildman–Crippen MR) is 122 cm³/mol. The lowest BCUT2D eigenvalue weighted by Gasteiger charge is -2.20. The van der Waals surface area contributed by atoms with E-state index in [0.29, 0.717) is 6.42 Å². The Bertz CT molecular complexity index is 1010. The molecule has 6 heteroatoms. The third-order valence-electron chi connectivity index (χ3n) is 5.88. The lowest BCUT2D eigenvalue weighted by Crippen LogP contribution is -2.30. The zero-order valence-corrected chi connectivity index (χ0v) is 18.4. The van der Waals surface area contributed by atoms with Crippen LogP contribution in [0.25, 0.3) is 0 Å². The van der Waals surface area contributed by atoms with Crippen LogP contribution in [0.4, 0.5) is 0 Å². The fourth-order valence-corrected chi connectivity index (χ4v) is 4.22. The van der Waals surface area contributed by atoms with Gasteiger partial charge in [-0.3, -0.25) is 9.69 Å². The van der Waals surface area contributed by atoms with Gasteiger partial charge in [-0.2, -0.15) is 0 Å². The average Bonchev–Trinajstić information content (AvgIpc) is 3.08. The first-order chi connectivity index (χ1) is 15.1. The number of hydrogen-bond donors (Lipinski definition) is 1. The van der Waals surface area contributed by atoms with Crippen LogP contribution < -0.4 is 5.32 Å². The summed E-state index contributed by atoms with van der Waals surface area (Å²) >= 11 is 0. The Labute approximate surface area is 184 Å². The molecule has 0 saturated carbocycles. The van der Waals surface area contributed by atoms with Crippen molar-refractivity contribution in [3.05, 3.63) is 82.9 Å². The highest BCUT2D eigenvalue weighted by Gasteiger charge is 2.22. The molecule has 1 aliphatic rings. The van der Waals surface area contributed by atoms with Gasteiger partial charge in [0.2, 0.25) is 5.91 Å².